The summed E-state index contributed by atoms with van der Waals surface area (Å²) in [6.07, 6.45) is 3.72. The largest absolute Gasteiger partial charge is 0.317 e. The molecule has 0 saturated heterocycles. The Labute approximate surface area is 107 Å². The van der Waals surface area contributed by atoms with Gasteiger partial charge in [0.2, 0.25) is 0 Å². The second kappa shape index (κ2) is 6.31. The van der Waals surface area contributed by atoms with Gasteiger partial charge in [-0.15, -0.1) is 0 Å². The molecule has 0 fully saturated rings. The number of para-hydroxylation sites is 1. The number of aromatic nitrogens is 2. The van der Waals surface area contributed by atoms with Crippen LogP contribution in [0, 0.1) is 0 Å². The zero-order valence-electron chi connectivity index (χ0n) is 10.7. The van der Waals surface area contributed by atoms with Crippen molar-refractivity contribution in [2.75, 3.05) is 13.1 Å². The van der Waals surface area contributed by atoms with E-state index < -0.39 is 0 Å². The van der Waals surface area contributed by atoms with E-state index in [2.05, 4.69) is 17.2 Å². The van der Waals surface area contributed by atoms with Gasteiger partial charge in [0.1, 0.15) is 0 Å². The van der Waals surface area contributed by atoms with Crippen molar-refractivity contribution in [1.29, 1.82) is 0 Å². The Morgan fingerprint density at radius 3 is 2.94 bits per heavy atom. The fourth-order valence-corrected chi connectivity index (χ4v) is 1.94. The first kappa shape index (κ1) is 12.8. The molecular weight excluding hydrogens is 226 g/mol. The Morgan fingerprint density at radius 2 is 2.11 bits per heavy atom. The van der Waals surface area contributed by atoms with Crippen molar-refractivity contribution in [3.8, 4) is 0 Å². The van der Waals surface area contributed by atoms with Gasteiger partial charge in [0.25, 0.3) is 5.56 Å². The molecule has 1 heterocycles. The highest BCUT2D eigenvalue weighted by Gasteiger charge is 2.02. The van der Waals surface area contributed by atoms with Crippen molar-refractivity contribution in [1.82, 2.24) is 14.9 Å². The molecule has 0 radical (unpaired) electrons. The summed E-state index contributed by atoms with van der Waals surface area (Å²) in [5.74, 6) is 0. The maximum Gasteiger partial charge on any atom is 0.261 e. The fourth-order valence-electron chi connectivity index (χ4n) is 1.94. The molecule has 0 aliphatic heterocycles. The maximum atomic E-state index is 12.2. The fraction of sp³-hybridized carbons (Fsp3) is 0.429. The monoisotopic (exact) mass is 245 g/mol. The van der Waals surface area contributed by atoms with E-state index in [1.165, 1.54) is 0 Å². The molecular formula is C14H19N3O. The van der Waals surface area contributed by atoms with Gasteiger partial charge in [-0.05, 0) is 38.1 Å². The quantitative estimate of drug-likeness (QED) is 0.789. The van der Waals surface area contributed by atoms with E-state index >= 15 is 0 Å². The highest BCUT2D eigenvalue weighted by Crippen LogP contribution is 2.04. The first-order valence-electron chi connectivity index (χ1n) is 6.48. The number of aryl methyl sites for hydroxylation is 1. The van der Waals surface area contributed by atoms with Crippen molar-refractivity contribution in [2.24, 2.45) is 0 Å². The third-order valence-corrected chi connectivity index (χ3v) is 2.91. The van der Waals surface area contributed by atoms with E-state index in [0.717, 1.165) is 31.4 Å². The van der Waals surface area contributed by atoms with Crippen molar-refractivity contribution in [2.45, 2.75) is 26.3 Å². The molecule has 0 aliphatic carbocycles. The van der Waals surface area contributed by atoms with E-state index in [1.54, 1.807) is 10.9 Å². The van der Waals surface area contributed by atoms with Gasteiger partial charge < -0.3 is 5.32 Å². The predicted molar refractivity (Wildman–Crippen MR) is 73.8 cm³/mol. The summed E-state index contributed by atoms with van der Waals surface area (Å²) < 4.78 is 1.69. The summed E-state index contributed by atoms with van der Waals surface area (Å²) in [7, 11) is 0. The summed E-state index contributed by atoms with van der Waals surface area (Å²) in [6, 6.07) is 7.46. The van der Waals surface area contributed by atoms with Crippen LogP contribution >= 0.6 is 0 Å². The molecule has 96 valence electrons. The number of fused-ring (bicyclic) bond motifs is 1. The molecule has 0 amide bonds. The molecule has 2 aromatic rings. The average molecular weight is 245 g/mol. The third-order valence-electron chi connectivity index (χ3n) is 2.91. The van der Waals surface area contributed by atoms with Gasteiger partial charge in [-0.1, -0.05) is 19.1 Å². The first-order chi connectivity index (χ1) is 8.83. The molecule has 2 rings (SSSR count). The Bertz CT molecular complexity index is 562. The molecule has 1 aromatic heterocycles. The van der Waals surface area contributed by atoms with E-state index in [9.17, 15) is 4.79 Å². The zero-order chi connectivity index (χ0) is 12.8. The van der Waals surface area contributed by atoms with Crippen LogP contribution < -0.4 is 10.9 Å². The first-order valence-corrected chi connectivity index (χ1v) is 6.48. The van der Waals surface area contributed by atoms with Crippen molar-refractivity contribution in [3.63, 3.8) is 0 Å². The molecule has 4 heteroatoms. The van der Waals surface area contributed by atoms with Crippen molar-refractivity contribution < 1.29 is 0 Å². The van der Waals surface area contributed by atoms with Crippen LogP contribution in [0.25, 0.3) is 10.9 Å². The smallest absolute Gasteiger partial charge is 0.261 e. The highest BCUT2D eigenvalue weighted by atomic mass is 16.1. The highest BCUT2D eigenvalue weighted by molar-refractivity contribution is 5.76. The molecule has 1 aromatic carbocycles. The van der Waals surface area contributed by atoms with Gasteiger partial charge in [-0.25, -0.2) is 4.98 Å². The third kappa shape index (κ3) is 2.96. The van der Waals surface area contributed by atoms with Crippen molar-refractivity contribution in [3.05, 3.63) is 40.9 Å². The summed E-state index contributed by atoms with van der Waals surface area (Å²) >= 11 is 0. The van der Waals surface area contributed by atoms with Crippen LogP contribution in [0.3, 0.4) is 0 Å². The Balaban J connectivity index is 2.05. The van der Waals surface area contributed by atoms with Gasteiger partial charge in [0, 0.05) is 6.54 Å². The van der Waals surface area contributed by atoms with Crippen LogP contribution in [0.15, 0.2) is 35.4 Å². The van der Waals surface area contributed by atoms with Gasteiger partial charge in [0.05, 0.1) is 17.2 Å². The van der Waals surface area contributed by atoms with Crippen LogP contribution in [-0.4, -0.2) is 22.6 Å². The van der Waals surface area contributed by atoms with E-state index in [-0.39, 0.29) is 5.56 Å². The molecule has 1 N–H and O–H groups in total. The minimum Gasteiger partial charge on any atom is -0.317 e. The molecule has 4 nitrogen and oxygen atoms in total. The van der Waals surface area contributed by atoms with Crippen LogP contribution in [0.2, 0.25) is 0 Å². The number of nitrogens with one attached hydrogen (secondary N) is 1. The Hall–Kier alpha value is -1.68. The topological polar surface area (TPSA) is 46.9 Å². The zero-order valence-corrected chi connectivity index (χ0v) is 10.7. The van der Waals surface area contributed by atoms with Gasteiger partial charge in [0.15, 0.2) is 0 Å². The minimum atomic E-state index is 0.0519. The minimum absolute atomic E-state index is 0.0519. The lowest BCUT2D eigenvalue weighted by Crippen LogP contribution is -2.23. The van der Waals surface area contributed by atoms with E-state index in [0.29, 0.717) is 11.9 Å². The second-order valence-corrected chi connectivity index (χ2v) is 4.36. The molecule has 0 aliphatic rings. The number of hydrogen-bond donors (Lipinski definition) is 1. The normalized spacial score (nSPS) is 10.9. The number of hydrogen-bond acceptors (Lipinski definition) is 3. The van der Waals surface area contributed by atoms with Gasteiger partial charge in [-0.2, -0.15) is 0 Å². The summed E-state index contributed by atoms with van der Waals surface area (Å²) in [5, 5.41) is 4.02. The molecule has 0 spiro atoms. The molecule has 0 bridgehead atoms. The molecule has 0 unspecified atom stereocenters. The predicted octanol–water partition coefficient (Wildman–Crippen LogP) is 1.79. The molecule has 0 atom stereocenters. The lowest BCUT2D eigenvalue weighted by atomic mass is 10.2. The maximum absolute atomic E-state index is 12.2. The second-order valence-electron chi connectivity index (χ2n) is 4.36. The van der Waals surface area contributed by atoms with Gasteiger partial charge >= 0.3 is 0 Å². The lowest BCUT2D eigenvalue weighted by Gasteiger charge is -2.07. The lowest BCUT2D eigenvalue weighted by molar-refractivity contribution is 0.566. The Morgan fingerprint density at radius 1 is 1.28 bits per heavy atom. The molecule has 18 heavy (non-hydrogen) atoms. The van der Waals surface area contributed by atoms with Gasteiger partial charge in [-0.3, -0.25) is 9.36 Å². The van der Waals surface area contributed by atoms with Crippen LogP contribution in [-0.2, 0) is 6.54 Å². The molecule has 0 saturated carbocycles. The van der Waals surface area contributed by atoms with Crippen molar-refractivity contribution >= 4 is 10.9 Å². The van der Waals surface area contributed by atoms with Crippen LogP contribution in [0.5, 0.6) is 0 Å². The SMILES string of the molecule is CCCNCCCn1cnc2ccccc2c1=O. The number of rotatable bonds is 6. The summed E-state index contributed by atoms with van der Waals surface area (Å²) in [6.45, 7) is 4.83. The Kier molecular flexibility index (Phi) is 4.47. The van der Waals surface area contributed by atoms with E-state index in [4.69, 9.17) is 0 Å². The average Bonchev–Trinajstić information content (AvgIpc) is 2.41. The number of benzene rings is 1. The van der Waals surface area contributed by atoms with Crippen LogP contribution in [0.1, 0.15) is 19.8 Å². The standard InChI is InChI=1S/C14H19N3O/c1-2-8-15-9-5-10-17-11-16-13-7-4-3-6-12(13)14(17)18/h3-4,6-7,11,15H,2,5,8-10H2,1H3. The summed E-state index contributed by atoms with van der Waals surface area (Å²) in [5.41, 5.74) is 0.818. The number of nitrogens with zero attached hydrogens (tertiary/aromatic N) is 2. The summed E-state index contributed by atoms with van der Waals surface area (Å²) in [4.78, 5) is 16.5. The van der Waals surface area contributed by atoms with Crippen LogP contribution in [0.4, 0.5) is 0 Å². The van der Waals surface area contributed by atoms with E-state index in [1.807, 2.05) is 24.3 Å².